The lowest BCUT2D eigenvalue weighted by Gasteiger charge is -2.18. The minimum Gasteiger partial charge on any atom is -0.462 e. The lowest BCUT2D eigenvalue weighted by Crippen LogP contribution is -2.30. The van der Waals surface area contributed by atoms with E-state index in [1.54, 1.807) is 6.08 Å². The molecule has 0 saturated carbocycles. The van der Waals surface area contributed by atoms with Gasteiger partial charge in [0.05, 0.1) is 6.42 Å². The maximum atomic E-state index is 12.9. The Morgan fingerprint density at radius 3 is 0.843 bits per heavy atom. The molecule has 6 heteroatoms. The van der Waals surface area contributed by atoms with Gasteiger partial charge in [0.15, 0.2) is 6.10 Å². The van der Waals surface area contributed by atoms with Gasteiger partial charge in [-0.05, 0) is 116 Å². The minimum atomic E-state index is -0.840. The van der Waals surface area contributed by atoms with Gasteiger partial charge in [0, 0.05) is 12.8 Å². The molecule has 83 heavy (non-hydrogen) atoms. The number of carbonyl (C=O) groups is 3. The second-order valence-electron chi connectivity index (χ2n) is 21.6. The second-order valence-corrected chi connectivity index (χ2v) is 21.6. The number of hydrogen-bond acceptors (Lipinski definition) is 6. The minimum absolute atomic E-state index is 0.115. The summed E-state index contributed by atoms with van der Waals surface area (Å²) in [5.74, 6) is -1.09. The Morgan fingerprint density at radius 1 is 0.265 bits per heavy atom. The van der Waals surface area contributed by atoms with Gasteiger partial charge in [0.25, 0.3) is 0 Å². The molecule has 6 nitrogen and oxygen atoms in total. The molecule has 0 amide bonds. The topological polar surface area (TPSA) is 78.9 Å². The van der Waals surface area contributed by atoms with Crippen LogP contribution >= 0.6 is 0 Å². The number of rotatable bonds is 59. The quantitative estimate of drug-likeness (QED) is 0.0261. The van der Waals surface area contributed by atoms with Gasteiger partial charge in [-0.1, -0.05) is 313 Å². The van der Waals surface area contributed by atoms with Crippen molar-refractivity contribution in [2.75, 3.05) is 13.2 Å². The first-order chi connectivity index (χ1) is 41.0. The molecule has 0 rings (SSSR count). The summed E-state index contributed by atoms with van der Waals surface area (Å²) in [6, 6.07) is 0. The van der Waals surface area contributed by atoms with Crippen LogP contribution in [0.2, 0.25) is 0 Å². The summed E-state index contributed by atoms with van der Waals surface area (Å²) in [6.45, 7) is 6.31. The van der Waals surface area contributed by atoms with Crippen LogP contribution in [0, 0.1) is 0 Å². The summed E-state index contributed by atoms with van der Waals surface area (Å²) >= 11 is 0. The zero-order valence-corrected chi connectivity index (χ0v) is 53.4. The molecular weight excluding hydrogens is 1020 g/mol. The largest absolute Gasteiger partial charge is 0.462 e. The number of unbranched alkanes of at least 4 members (excludes halogenated alkanes) is 21. The molecule has 0 radical (unpaired) electrons. The standard InChI is InChI=1S/C77H122O6/c1-4-7-10-13-16-19-22-25-28-30-32-33-34-35-36-37-38-39-40-41-42-43-45-46-49-52-55-58-61-64-67-70-76(79)82-73-74(72-81-75(78)69-66-63-60-57-54-51-48-27-24-21-18-15-12-9-6-3)83-77(80)71-68-65-62-59-56-53-50-47-44-31-29-26-23-20-17-14-11-8-5-2/h7,9-10,12,16,18-19,21,25,27-28,32-33,35-36,38-39,41-42,45-46,48,52,54-55,57,63,66,74H,4-6,8,11,13-15,17,20,22-24,26,29-31,34,37,40,43-44,47,49-51,53,56,58-62,64-65,67-73H2,1-3H3/b10-7-,12-9-,19-16-,21-18-,28-25-,33-32-,36-35-,39-38-,42-41-,46-45-,48-27-,55-52-,57-54-,66-63-. The van der Waals surface area contributed by atoms with Gasteiger partial charge in [-0.2, -0.15) is 0 Å². The maximum Gasteiger partial charge on any atom is 0.309 e. The molecule has 1 unspecified atom stereocenters. The first-order valence-corrected chi connectivity index (χ1v) is 33.6. The Morgan fingerprint density at radius 2 is 0.518 bits per heavy atom. The molecule has 0 aliphatic heterocycles. The monoisotopic (exact) mass is 1140 g/mol. The third kappa shape index (κ3) is 67.4. The van der Waals surface area contributed by atoms with Gasteiger partial charge in [-0.15, -0.1) is 0 Å². The van der Waals surface area contributed by atoms with Crippen molar-refractivity contribution in [3.63, 3.8) is 0 Å². The van der Waals surface area contributed by atoms with E-state index in [1.807, 2.05) is 6.08 Å². The molecule has 0 N–H and O–H groups in total. The fourth-order valence-electron chi connectivity index (χ4n) is 8.80. The maximum absolute atomic E-state index is 12.9. The smallest absolute Gasteiger partial charge is 0.309 e. The summed E-state index contributed by atoms with van der Waals surface area (Å²) in [4.78, 5) is 38.3. The van der Waals surface area contributed by atoms with Crippen molar-refractivity contribution in [3.8, 4) is 0 Å². The fourth-order valence-corrected chi connectivity index (χ4v) is 8.80. The Balaban J connectivity index is 4.48. The van der Waals surface area contributed by atoms with E-state index in [2.05, 4.69) is 179 Å². The number of ether oxygens (including phenoxy) is 3. The van der Waals surface area contributed by atoms with E-state index in [4.69, 9.17) is 14.2 Å². The SMILES string of the molecule is CC/C=C\C/C=C\C/C=C\C/C=C\C/C=C\C/C=C\C/C=C\C/C=C\C/C=C\CCCCCC(=O)OCC(COC(=O)C/C=C\C/C=C\C/C=C\C/C=C\C/C=C\CC)OC(=O)CCCCCCCCCCCCCCCCCCCCC. The summed E-state index contributed by atoms with van der Waals surface area (Å²) in [7, 11) is 0. The average Bonchev–Trinajstić information content (AvgIpc) is 3.49. The van der Waals surface area contributed by atoms with Crippen LogP contribution in [0.4, 0.5) is 0 Å². The average molecular weight is 1140 g/mol. The van der Waals surface area contributed by atoms with E-state index < -0.39 is 12.1 Å². The van der Waals surface area contributed by atoms with Crippen LogP contribution in [0.5, 0.6) is 0 Å². The molecule has 1 atom stereocenters. The summed E-state index contributed by atoms with van der Waals surface area (Å²) in [6.07, 6.45) is 103. The lowest BCUT2D eigenvalue weighted by molar-refractivity contribution is -0.166. The van der Waals surface area contributed by atoms with E-state index >= 15 is 0 Å². The van der Waals surface area contributed by atoms with E-state index in [-0.39, 0.29) is 31.6 Å². The molecule has 0 spiro atoms. The molecule has 0 aromatic carbocycles. The third-order valence-electron chi connectivity index (χ3n) is 13.7. The zero-order chi connectivity index (χ0) is 59.9. The molecule has 0 bridgehead atoms. The first-order valence-electron chi connectivity index (χ1n) is 33.6. The predicted octanol–water partition coefficient (Wildman–Crippen LogP) is 23.4. The van der Waals surface area contributed by atoms with Crippen LogP contribution in [0.1, 0.15) is 278 Å². The number of carbonyl (C=O) groups excluding carboxylic acids is 3. The fraction of sp³-hybridized carbons (Fsp3) is 0.597. The van der Waals surface area contributed by atoms with Crippen LogP contribution in [0.25, 0.3) is 0 Å². The van der Waals surface area contributed by atoms with Crippen LogP contribution in [-0.2, 0) is 28.6 Å². The number of hydrogen-bond donors (Lipinski definition) is 0. The highest BCUT2D eigenvalue weighted by Crippen LogP contribution is 2.16. The Kier molecular flexibility index (Phi) is 64.9. The van der Waals surface area contributed by atoms with Gasteiger partial charge in [0.1, 0.15) is 13.2 Å². The lowest BCUT2D eigenvalue weighted by atomic mass is 10.0. The zero-order valence-electron chi connectivity index (χ0n) is 53.4. The van der Waals surface area contributed by atoms with Crippen molar-refractivity contribution in [1.82, 2.24) is 0 Å². The summed E-state index contributed by atoms with van der Waals surface area (Å²) < 4.78 is 16.8. The van der Waals surface area contributed by atoms with Crippen LogP contribution in [0.3, 0.4) is 0 Å². The summed E-state index contributed by atoms with van der Waals surface area (Å²) in [5.41, 5.74) is 0. The van der Waals surface area contributed by atoms with Gasteiger partial charge < -0.3 is 14.2 Å². The van der Waals surface area contributed by atoms with E-state index in [0.29, 0.717) is 12.8 Å². The number of esters is 3. The summed E-state index contributed by atoms with van der Waals surface area (Å²) in [5, 5.41) is 0. The second kappa shape index (κ2) is 69.3. The van der Waals surface area contributed by atoms with E-state index in [0.717, 1.165) is 135 Å². The van der Waals surface area contributed by atoms with Crippen molar-refractivity contribution in [1.29, 1.82) is 0 Å². The van der Waals surface area contributed by atoms with Gasteiger partial charge >= 0.3 is 17.9 Å². The Hall–Kier alpha value is -5.23. The molecule has 466 valence electrons. The van der Waals surface area contributed by atoms with Crippen molar-refractivity contribution >= 4 is 17.9 Å². The highest BCUT2D eigenvalue weighted by molar-refractivity contribution is 5.72. The normalized spacial score (nSPS) is 13.2. The molecule has 0 heterocycles. The van der Waals surface area contributed by atoms with Crippen molar-refractivity contribution < 1.29 is 28.6 Å². The molecule has 0 aliphatic rings. The molecular formula is C77H122O6. The molecule has 0 fully saturated rings. The van der Waals surface area contributed by atoms with E-state index in [1.165, 1.54) is 103 Å². The molecule has 0 aliphatic carbocycles. The molecule has 0 aromatic heterocycles. The highest BCUT2D eigenvalue weighted by atomic mass is 16.6. The highest BCUT2D eigenvalue weighted by Gasteiger charge is 2.19. The Bertz CT molecular complexity index is 1890. The van der Waals surface area contributed by atoms with Crippen LogP contribution in [0.15, 0.2) is 170 Å². The van der Waals surface area contributed by atoms with Crippen molar-refractivity contribution in [2.24, 2.45) is 0 Å². The molecule has 0 aromatic rings. The van der Waals surface area contributed by atoms with E-state index in [9.17, 15) is 14.4 Å². The van der Waals surface area contributed by atoms with Crippen LogP contribution in [-0.4, -0.2) is 37.2 Å². The van der Waals surface area contributed by atoms with Gasteiger partial charge in [-0.3, -0.25) is 14.4 Å². The van der Waals surface area contributed by atoms with Gasteiger partial charge in [0.2, 0.25) is 0 Å². The predicted molar refractivity (Wildman–Crippen MR) is 361 cm³/mol. The van der Waals surface area contributed by atoms with Crippen LogP contribution < -0.4 is 0 Å². The Labute approximate surface area is 511 Å². The van der Waals surface area contributed by atoms with Crippen molar-refractivity contribution in [2.45, 2.75) is 284 Å². The number of allylic oxidation sites excluding steroid dienone is 27. The van der Waals surface area contributed by atoms with Gasteiger partial charge in [-0.25, -0.2) is 0 Å². The molecule has 0 saturated heterocycles. The first kappa shape index (κ1) is 77.8. The third-order valence-corrected chi connectivity index (χ3v) is 13.7. The van der Waals surface area contributed by atoms with Crippen molar-refractivity contribution in [3.05, 3.63) is 170 Å².